The lowest BCUT2D eigenvalue weighted by Crippen LogP contribution is -2.66. The van der Waals surface area contributed by atoms with Crippen molar-refractivity contribution in [1.82, 2.24) is 0 Å². The summed E-state index contributed by atoms with van der Waals surface area (Å²) in [5.74, 6) is -1.52. The molecular formula is C42H66O14. The van der Waals surface area contributed by atoms with Gasteiger partial charge in [0.2, 0.25) is 6.29 Å². The summed E-state index contributed by atoms with van der Waals surface area (Å²) in [6.45, 7) is 15.5. The van der Waals surface area contributed by atoms with Crippen LogP contribution in [0.1, 0.15) is 113 Å². The molecule has 0 aromatic heterocycles. The van der Waals surface area contributed by atoms with Gasteiger partial charge < -0.3 is 59.8 Å². The summed E-state index contributed by atoms with van der Waals surface area (Å²) in [7, 11) is 0. The normalized spacial score (nSPS) is 52.3. The molecule has 5 aliphatic carbocycles. The standard InChI is InChI=1S/C42H66O14/c1-37(2)14-16-42(36(52)56-34-30(48)27(45)26(44)22(19-43)53-34)17-15-40(6)20(21(42)18-37)8-9-24-39(5)12-11-25(38(3,4)23(39)10-13-41(24,40)7)54-35-31(49)28(46)29(47)32(55-35)33(50)51/h8,21-32,34-35,43-49H,9-19H2,1-7H3,(H,50,51)/t21-,22-,23+,24-,25+,26-,27+,28+,29+,30-,31-,32+,34+,35-,39+,40-,41-,42+/m1/s1. The van der Waals surface area contributed by atoms with Crippen molar-refractivity contribution in [2.75, 3.05) is 6.61 Å². The zero-order chi connectivity index (χ0) is 41.1. The van der Waals surface area contributed by atoms with E-state index >= 15 is 0 Å². The largest absolute Gasteiger partial charge is 0.479 e. The Morgan fingerprint density at radius 3 is 2.05 bits per heavy atom. The quantitative estimate of drug-likeness (QED) is 0.110. The van der Waals surface area contributed by atoms with Gasteiger partial charge in [0.05, 0.1) is 18.1 Å². The molecule has 0 aromatic carbocycles. The number of ether oxygens (including phenoxy) is 4. The lowest BCUT2D eigenvalue weighted by Gasteiger charge is -2.71. The molecule has 0 spiro atoms. The number of fused-ring (bicyclic) bond motifs is 7. The van der Waals surface area contributed by atoms with Crippen molar-refractivity contribution >= 4 is 11.9 Å². The molecule has 0 aromatic rings. The second-order valence-electron chi connectivity index (χ2n) is 20.7. The van der Waals surface area contributed by atoms with E-state index in [1.807, 2.05) is 0 Å². The number of allylic oxidation sites excluding steroid dienone is 2. The second-order valence-corrected chi connectivity index (χ2v) is 20.7. The van der Waals surface area contributed by atoms with E-state index in [-0.39, 0.29) is 33.5 Å². The topological polar surface area (TPSA) is 233 Å². The zero-order valence-corrected chi connectivity index (χ0v) is 34.0. The number of carboxylic acids is 1. The maximum absolute atomic E-state index is 14.6. The average Bonchev–Trinajstić information content (AvgIpc) is 3.12. The number of aliphatic carboxylic acids is 1. The van der Waals surface area contributed by atoms with Crippen LogP contribution in [0.3, 0.4) is 0 Å². The van der Waals surface area contributed by atoms with Crippen LogP contribution in [0.15, 0.2) is 11.6 Å². The van der Waals surface area contributed by atoms with Gasteiger partial charge in [0.25, 0.3) is 0 Å². The van der Waals surface area contributed by atoms with Gasteiger partial charge in [-0.15, -0.1) is 0 Å². The van der Waals surface area contributed by atoms with Crippen LogP contribution in [-0.2, 0) is 28.5 Å². The van der Waals surface area contributed by atoms with Gasteiger partial charge in [-0.2, -0.15) is 0 Å². The summed E-state index contributed by atoms with van der Waals surface area (Å²) in [5.41, 5.74) is -0.448. The highest BCUT2D eigenvalue weighted by Crippen LogP contribution is 2.76. The number of carbonyl (C=O) groups is 2. The van der Waals surface area contributed by atoms with Gasteiger partial charge >= 0.3 is 11.9 Å². The fourth-order valence-corrected chi connectivity index (χ4v) is 13.5. The van der Waals surface area contributed by atoms with Crippen LogP contribution in [-0.4, -0.2) is 127 Å². The van der Waals surface area contributed by atoms with E-state index in [1.54, 1.807) is 0 Å². The third-order valence-electron chi connectivity index (χ3n) is 17.2. The van der Waals surface area contributed by atoms with Gasteiger partial charge in [0, 0.05) is 0 Å². The molecule has 0 unspecified atom stereocenters. The number of aliphatic hydroxyl groups excluding tert-OH is 7. The Morgan fingerprint density at radius 2 is 1.39 bits per heavy atom. The average molecular weight is 795 g/mol. The predicted molar refractivity (Wildman–Crippen MR) is 198 cm³/mol. The number of carbonyl (C=O) groups excluding carboxylic acids is 1. The van der Waals surface area contributed by atoms with Crippen LogP contribution in [0, 0.1) is 50.2 Å². The molecule has 7 aliphatic rings. The fraction of sp³-hybridized carbons (Fsp3) is 0.905. The molecule has 8 N–H and O–H groups in total. The summed E-state index contributed by atoms with van der Waals surface area (Å²) in [5, 5.41) is 82.4. The minimum Gasteiger partial charge on any atom is -0.479 e. The van der Waals surface area contributed by atoms with Gasteiger partial charge in [-0.25, -0.2) is 4.79 Å². The van der Waals surface area contributed by atoms with Gasteiger partial charge in [0.15, 0.2) is 12.4 Å². The fourth-order valence-electron chi connectivity index (χ4n) is 13.5. The Labute approximate surface area is 329 Å². The monoisotopic (exact) mass is 794 g/mol. The summed E-state index contributed by atoms with van der Waals surface area (Å²) in [6.07, 6.45) is -6.14. The third-order valence-corrected chi connectivity index (χ3v) is 17.2. The number of carboxylic acid groups (broad SMARTS) is 1. The molecule has 56 heavy (non-hydrogen) atoms. The smallest absolute Gasteiger partial charge is 0.335 e. The van der Waals surface area contributed by atoms with Crippen molar-refractivity contribution in [2.24, 2.45) is 50.2 Å². The number of hydrogen-bond donors (Lipinski definition) is 8. The first kappa shape index (κ1) is 42.4. The van der Waals surface area contributed by atoms with Crippen LogP contribution in [0.4, 0.5) is 0 Å². The van der Waals surface area contributed by atoms with E-state index in [2.05, 4.69) is 54.5 Å². The minimum absolute atomic E-state index is 0.0330. The molecule has 6 fully saturated rings. The molecule has 14 heteroatoms. The number of hydrogen-bond acceptors (Lipinski definition) is 13. The van der Waals surface area contributed by atoms with E-state index in [9.17, 15) is 50.4 Å². The maximum Gasteiger partial charge on any atom is 0.335 e. The predicted octanol–water partition coefficient (Wildman–Crippen LogP) is 2.41. The van der Waals surface area contributed by atoms with E-state index in [0.29, 0.717) is 25.2 Å². The molecule has 18 atom stereocenters. The van der Waals surface area contributed by atoms with Crippen molar-refractivity contribution in [3.63, 3.8) is 0 Å². The van der Waals surface area contributed by atoms with Crippen molar-refractivity contribution < 1.29 is 69.4 Å². The molecule has 318 valence electrons. The number of rotatable bonds is 6. The Kier molecular flexibility index (Phi) is 10.8. The molecule has 2 aliphatic heterocycles. The van der Waals surface area contributed by atoms with Crippen LogP contribution >= 0.6 is 0 Å². The van der Waals surface area contributed by atoms with E-state index < -0.39 is 96.9 Å². The molecule has 0 amide bonds. The highest BCUT2D eigenvalue weighted by molar-refractivity contribution is 5.79. The first-order valence-corrected chi connectivity index (χ1v) is 20.8. The van der Waals surface area contributed by atoms with Gasteiger partial charge in [-0.1, -0.05) is 60.1 Å². The SMILES string of the molecule is CC1(C)CC[C@]2(C(=O)O[C@@H]3O[C@H](CO)[C@@H](O)[C@H](O)[C@H]3O)CC[C@]3(C)C(=CC[C@@H]4[C@@]5(C)CC[C@H](O[C@@H]6O[C@H](C(=O)O)[C@@H](O)[C@H](O)[C@H]6O)C(C)(C)[C@@H]5CC[C@]43C)[C@H]2C1. The molecule has 14 nitrogen and oxygen atoms in total. The van der Waals surface area contributed by atoms with Crippen molar-refractivity contribution in [3.05, 3.63) is 11.6 Å². The summed E-state index contributed by atoms with van der Waals surface area (Å²) < 4.78 is 23.5. The Balaban J connectivity index is 1.16. The molecule has 2 heterocycles. The zero-order valence-electron chi connectivity index (χ0n) is 34.0. The minimum atomic E-state index is -1.79. The summed E-state index contributed by atoms with van der Waals surface area (Å²) in [6, 6.07) is 0. The van der Waals surface area contributed by atoms with Gasteiger partial charge in [-0.05, 0) is 109 Å². The van der Waals surface area contributed by atoms with Crippen molar-refractivity contribution in [3.8, 4) is 0 Å². The van der Waals surface area contributed by atoms with Crippen LogP contribution in [0.25, 0.3) is 0 Å². The first-order chi connectivity index (χ1) is 26.0. The summed E-state index contributed by atoms with van der Waals surface area (Å²) in [4.78, 5) is 26.4. The molecule has 4 saturated carbocycles. The highest BCUT2D eigenvalue weighted by Gasteiger charge is 2.70. The molecule has 0 bridgehead atoms. The number of aliphatic hydroxyl groups is 7. The van der Waals surface area contributed by atoms with E-state index in [1.165, 1.54) is 5.57 Å². The van der Waals surface area contributed by atoms with Crippen LogP contribution < -0.4 is 0 Å². The Hall–Kier alpha value is -1.72. The first-order valence-electron chi connectivity index (χ1n) is 20.8. The third kappa shape index (κ3) is 6.17. The van der Waals surface area contributed by atoms with E-state index in [4.69, 9.17) is 18.9 Å². The second kappa shape index (κ2) is 14.2. The van der Waals surface area contributed by atoms with Crippen LogP contribution in [0.2, 0.25) is 0 Å². The summed E-state index contributed by atoms with van der Waals surface area (Å²) >= 11 is 0. The van der Waals surface area contributed by atoms with Crippen LogP contribution in [0.5, 0.6) is 0 Å². The highest BCUT2D eigenvalue weighted by atomic mass is 16.7. The molecule has 2 saturated heterocycles. The molecule has 0 radical (unpaired) electrons. The van der Waals surface area contributed by atoms with Crippen molar-refractivity contribution in [1.29, 1.82) is 0 Å². The molecular weight excluding hydrogens is 728 g/mol. The lowest BCUT2D eigenvalue weighted by molar-refractivity contribution is -0.324. The Morgan fingerprint density at radius 1 is 0.750 bits per heavy atom. The van der Waals surface area contributed by atoms with Gasteiger partial charge in [0.1, 0.15) is 42.7 Å². The molecule has 7 rings (SSSR count). The number of esters is 1. The maximum atomic E-state index is 14.6. The van der Waals surface area contributed by atoms with E-state index in [0.717, 1.165) is 44.9 Å². The Bertz CT molecular complexity index is 1560. The van der Waals surface area contributed by atoms with Gasteiger partial charge in [-0.3, -0.25) is 4.79 Å². The lowest BCUT2D eigenvalue weighted by atomic mass is 9.33. The van der Waals surface area contributed by atoms with Crippen molar-refractivity contribution in [2.45, 2.75) is 180 Å².